The second-order valence-corrected chi connectivity index (χ2v) is 5.52. The fourth-order valence-electron chi connectivity index (χ4n) is 2.23. The van der Waals surface area contributed by atoms with Crippen LogP contribution in [-0.4, -0.2) is 10.1 Å². The Bertz CT molecular complexity index is 915. The van der Waals surface area contributed by atoms with Gasteiger partial charge in [-0.2, -0.15) is 31.3 Å². The van der Waals surface area contributed by atoms with Gasteiger partial charge in [0.25, 0.3) is 0 Å². The molecule has 0 aliphatic carbocycles. The van der Waals surface area contributed by atoms with Gasteiger partial charge in [-0.15, -0.1) is 0 Å². The number of nitrogens with one attached hydrogen (secondary N) is 1. The third-order valence-electron chi connectivity index (χ3n) is 3.57. The number of alkyl halides is 6. The van der Waals surface area contributed by atoms with Gasteiger partial charge in [0, 0.05) is 11.3 Å². The Morgan fingerprint density at radius 1 is 0.852 bits per heavy atom. The molecule has 1 heterocycles. The maximum absolute atomic E-state index is 12.8. The molecule has 27 heavy (non-hydrogen) atoms. The second-order valence-electron chi connectivity index (χ2n) is 5.52. The molecule has 0 unspecified atom stereocenters. The molecular formula is C17H11F6N3O. The number of benzene rings is 2. The van der Waals surface area contributed by atoms with Crippen LogP contribution in [0.5, 0.6) is 0 Å². The first kappa shape index (κ1) is 18.7. The number of rotatable bonds is 4. The molecule has 3 aromatic rings. The van der Waals surface area contributed by atoms with Crippen LogP contribution in [0.25, 0.3) is 11.4 Å². The molecule has 1 N–H and O–H groups in total. The van der Waals surface area contributed by atoms with Crippen LogP contribution < -0.4 is 5.32 Å². The summed E-state index contributed by atoms with van der Waals surface area (Å²) in [7, 11) is 0. The van der Waals surface area contributed by atoms with Crippen molar-refractivity contribution in [2.45, 2.75) is 18.9 Å². The zero-order chi connectivity index (χ0) is 19.7. The Kier molecular flexibility index (Phi) is 4.81. The van der Waals surface area contributed by atoms with Crippen LogP contribution in [-0.2, 0) is 18.9 Å². The van der Waals surface area contributed by atoms with Crippen LogP contribution in [0.1, 0.15) is 17.0 Å². The van der Waals surface area contributed by atoms with Crippen molar-refractivity contribution in [3.05, 3.63) is 65.5 Å². The lowest BCUT2D eigenvalue weighted by atomic mass is 10.1. The highest BCUT2D eigenvalue weighted by molar-refractivity contribution is 5.56. The minimum Gasteiger partial charge on any atom is -0.376 e. The molecule has 0 atom stereocenters. The predicted octanol–water partition coefficient (Wildman–Crippen LogP) is 5.39. The maximum atomic E-state index is 12.8. The molecule has 4 nitrogen and oxygen atoms in total. The maximum Gasteiger partial charge on any atom is 0.416 e. The fraction of sp³-hybridized carbons (Fsp3) is 0.176. The minimum absolute atomic E-state index is 0.00265. The van der Waals surface area contributed by atoms with Gasteiger partial charge in [-0.1, -0.05) is 17.3 Å². The van der Waals surface area contributed by atoms with Gasteiger partial charge in [-0.05, 0) is 36.4 Å². The third kappa shape index (κ3) is 4.57. The first-order chi connectivity index (χ1) is 12.6. The molecule has 0 bridgehead atoms. The highest BCUT2D eigenvalue weighted by atomic mass is 19.4. The topological polar surface area (TPSA) is 51.0 Å². The van der Waals surface area contributed by atoms with E-state index in [2.05, 4.69) is 15.5 Å². The van der Waals surface area contributed by atoms with Crippen molar-refractivity contribution in [1.82, 2.24) is 10.1 Å². The van der Waals surface area contributed by atoms with E-state index in [-0.39, 0.29) is 23.8 Å². The molecule has 0 spiro atoms. The Morgan fingerprint density at radius 2 is 1.52 bits per heavy atom. The van der Waals surface area contributed by atoms with Crippen LogP contribution >= 0.6 is 0 Å². The SMILES string of the molecule is FC(F)(F)c1ccc(NCc2nc(-c3cccc(C(F)(F)F)c3)no2)cc1. The molecule has 0 fully saturated rings. The first-order valence-corrected chi connectivity index (χ1v) is 7.54. The van der Waals surface area contributed by atoms with Crippen molar-refractivity contribution >= 4 is 5.69 Å². The quantitative estimate of drug-likeness (QED) is 0.610. The average Bonchev–Trinajstić information content (AvgIpc) is 3.08. The lowest BCUT2D eigenvalue weighted by molar-refractivity contribution is -0.138. The Labute approximate surface area is 148 Å². The number of hydrogen-bond acceptors (Lipinski definition) is 4. The molecule has 0 aliphatic heterocycles. The van der Waals surface area contributed by atoms with Crippen LogP contribution in [0.3, 0.4) is 0 Å². The monoisotopic (exact) mass is 387 g/mol. The van der Waals surface area contributed by atoms with E-state index in [0.717, 1.165) is 24.3 Å². The van der Waals surface area contributed by atoms with Crippen molar-refractivity contribution < 1.29 is 30.9 Å². The molecule has 1 aromatic heterocycles. The number of anilines is 1. The lowest BCUT2D eigenvalue weighted by Gasteiger charge is -2.08. The van der Waals surface area contributed by atoms with Gasteiger partial charge in [0.2, 0.25) is 11.7 Å². The minimum atomic E-state index is -4.49. The zero-order valence-electron chi connectivity index (χ0n) is 13.4. The molecule has 10 heteroatoms. The fourth-order valence-corrected chi connectivity index (χ4v) is 2.23. The van der Waals surface area contributed by atoms with Crippen LogP contribution in [0.2, 0.25) is 0 Å². The summed E-state index contributed by atoms with van der Waals surface area (Å²) in [6.07, 6.45) is -8.92. The van der Waals surface area contributed by atoms with Gasteiger partial charge >= 0.3 is 12.4 Å². The van der Waals surface area contributed by atoms with E-state index in [0.29, 0.717) is 5.69 Å². The lowest BCUT2D eigenvalue weighted by Crippen LogP contribution is -2.05. The van der Waals surface area contributed by atoms with Gasteiger partial charge in [0.1, 0.15) is 0 Å². The smallest absolute Gasteiger partial charge is 0.376 e. The van der Waals surface area contributed by atoms with Crippen LogP contribution in [0, 0.1) is 0 Å². The summed E-state index contributed by atoms with van der Waals surface area (Å²) in [5.74, 6) is 0.0487. The van der Waals surface area contributed by atoms with E-state index in [4.69, 9.17) is 4.52 Å². The van der Waals surface area contributed by atoms with Gasteiger partial charge in [-0.3, -0.25) is 0 Å². The number of halogens is 6. The third-order valence-corrected chi connectivity index (χ3v) is 3.57. The molecule has 0 saturated heterocycles. The summed E-state index contributed by atoms with van der Waals surface area (Å²) in [4.78, 5) is 3.99. The van der Waals surface area contributed by atoms with Crippen molar-refractivity contribution in [3.63, 3.8) is 0 Å². The zero-order valence-corrected chi connectivity index (χ0v) is 13.4. The Hall–Kier alpha value is -3.04. The van der Waals surface area contributed by atoms with Crippen LogP contribution in [0.15, 0.2) is 53.1 Å². The van der Waals surface area contributed by atoms with Crippen LogP contribution in [0.4, 0.5) is 32.0 Å². The van der Waals surface area contributed by atoms with Gasteiger partial charge in [0.05, 0.1) is 17.7 Å². The van der Waals surface area contributed by atoms with Crippen molar-refractivity contribution in [2.24, 2.45) is 0 Å². The number of hydrogen-bond donors (Lipinski definition) is 1. The highest BCUT2D eigenvalue weighted by Crippen LogP contribution is 2.32. The van der Waals surface area contributed by atoms with E-state index in [1.165, 1.54) is 24.3 Å². The van der Waals surface area contributed by atoms with Gasteiger partial charge in [0.15, 0.2) is 0 Å². The summed E-state index contributed by atoms with van der Waals surface area (Å²) in [5.41, 5.74) is -1.09. The van der Waals surface area contributed by atoms with Crippen molar-refractivity contribution in [1.29, 1.82) is 0 Å². The predicted molar refractivity (Wildman–Crippen MR) is 83.5 cm³/mol. The van der Waals surface area contributed by atoms with Gasteiger partial charge < -0.3 is 9.84 Å². The normalized spacial score (nSPS) is 12.2. The van der Waals surface area contributed by atoms with Gasteiger partial charge in [-0.25, -0.2) is 0 Å². The first-order valence-electron chi connectivity index (χ1n) is 7.54. The highest BCUT2D eigenvalue weighted by Gasteiger charge is 2.31. The van der Waals surface area contributed by atoms with Crippen molar-refractivity contribution in [2.75, 3.05) is 5.32 Å². The van der Waals surface area contributed by atoms with Crippen molar-refractivity contribution in [3.8, 4) is 11.4 Å². The van der Waals surface area contributed by atoms with E-state index in [1.807, 2.05) is 0 Å². The number of nitrogens with zero attached hydrogens (tertiary/aromatic N) is 2. The molecule has 0 radical (unpaired) electrons. The summed E-state index contributed by atoms with van der Waals surface area (Å²) < 4.78 is 80.8. The van der Waals surface area contributed by atoms with E-state index < -0.39 is 23.5 Å². The second kappa shape index (κ2) is 6.93. The summed E-state index contributed by atoms with van der Waals surface area (Å²) in [6.45, 7) is -0.00265. The molecule has 3 rings (SSSR count). The summed E-state index contributed by atoms with van der Waals surface area (Å²) in [5, 5.41) is 6.42. The largest absolute Gasteiger partial charge is 0.416 e. The molecule has 142 valence electrons. The Morgan fingerprint density at radius 3 is 2.15 bits per heavy atom. The number of aromatic nitrogens is 2. The van der Waals surface area contributed by atoms with E-state index in [1.54, 1.807) is 0 Å². The molecular weight excluding hydrogens is 376 g/mol. The summed E-state index contributed by atoms with van der Waals surface area (Å²) in [6, 6.07) is 8.80. The van der Waals surface area contributed by atoms with E-state index in [9.17, 15) is 26.3 Å². The molecule has 0 aliphatic rings. The Balaban J connectivity index is 1.68. The van der Waals surface area contributed by atoms with E-state index >= 15 is 0 Å². The molecule has 0 amide bonds. The molecule has 0 saturated carbocycles. The average molecular weight is 387 g/mol. The summed E-state index contributed by atoms with van der Waals surface area (Å²) >= 11 is 0. The molecule has 2 aromatic carbocycles. The standard InChI is InChI=1S/C17H11F6N3O/c18-16(19,20)11-4-6-13(7-5-11)24-9-14-25-15(26-27-14)10-2-1-3-12(8-10)17(21,22)23/h1-8,24H,9H2.